The minimum Gasteiger partial charge on any atom is -0.494 e. The maximum atomic E-state index is 12.9. The van der Waals surface area contributed by atoms with Gasteiger partial charge in [0.2, 0.25) is 0 Å². The van der Waals surface area contributed by atoms with E-state index in [1.807, 2.05) is 31.2 Å². The molecule has 2 N–H and O–H groups in total. The number of carbonyl (C=O) groups excluding carboxylic acids is 2. The summed E-state index contributed by atoms with van der Waals surface area (Å²) in [6.45, 7) is 5.24. The average Bonchev–Trinajstić information content (AvgIpc) is 3.23. The highest BCUT2D eigenvalue weighted by Crippen LogP contribution is 2.26. The van der Waals surface area contributed by atoms with E-state index < -0.39 is 5.97 Å². The number of hydrogen-bond acceptors (Lipinski definition) is 6. The van der Waals surface area contributed by atoms with Crippen LogP contribution in [0, 0.1) is 0 Å². The highest BCUT2D eigenvalue weighted by atomic mass is 16.5. The average molecular weight is 423 g/mol. The molecule has 0 saturated carbocycles. The van der Waals surface area contributed by atoms with Crippen LogP contribution in [-0.2, 0) is 9.47 Å². The smallest absolute Gasteiger partial charge is 0.340 e. The van der Waals surface area contributed by atoms with E-state index in [0.29, 0.717) is 36.8 Å². The monoisotopic (exact) mass is 423 g/mol. The Kier molecular flexibility index (Phi) is 6.08. The van der Waals surface area contributed by atoms with Crippen LogP contribution in [0.5, 0.6) is 5.75 Å². The summed E-state index contributed by atoms with van der Waals surface area (Å²) in [6, 6.07) is 12.7. The number of H-pyrrole nitrogens is 1. The number of esters is 1. The fourth-order valence-corrected chi connectivity index (χ4v) is 3.61. The second kappa shape index (κ2) is 9.09. The molecule has 8 nitrogen and oxygen atoms in total. The maximum absolute atomic E-state index is 12.9. The Bertz CT molecular complexity index is 1100. The first-order chi connectivity index (χ1) is 15.1. The molecule has 2 aromatic carbocycles. The first-order valence-electron chi connectivity index (χ1n) is 10.2. The molecular weight excluding hydrogens is 398 g/mol. The molecule has 0 atom stereocenters. The number of ether oxygens (including phenoxy) is 3. The number of carbonyl (C=O) groups is 2. The molecule has 1 aliphatic heterocycles. The first-order valence-corrected chi connectivity index (χ1v) is 10.2. The number of rotatable bonds is 6. The van der Waals surface area contributed by atoms with Gasteiger partial charge in [0.05, 0.1) is 38.2 Å². The van der Waals surface area contributed by atoms with Gasteiger partial charge in [0.1, 0.15) is 11.4 Å². The zero-order chi connectivity index (χ0) is 21.8. The number of anilines is 2. The van der Waals surface area contributed by atoms with E-state index in [1.54, 1.807) is 18.2 Å². The molecule has 1 amide bonds. The summed E-state index contributed by atoms with van der Waals surface area (Å²) in [6.07, 6.45) is 0. The number of morpholine rings is 1. The van der Waals surface area contributed by atoms with Gasteiger partial charge in [0.15, 0.2) is 0 Å². The van der Waals surface area contributed by atoms with Crippen LogP contribution in [0.3, 0.4) is 0 Å². The Hall–Kier alpha value is -3.52. The Balaban J connectivity index is 1.59. The number of hydrogen-bond donors (Lipinski definition) is 2. The Morgan fingerprint density at radius 2 is 1.94 bits per heavy atom. The predicted molar refractivity (Wildman–Crippen MR) is 118 cm³/mol. The number of nitrogens with zero attached hydrogens (tertiary/aromatic N) is 1. The van der Waals surface area contributed by atoms with E-state index in [4.69, 9.17) is 14.2 Å². The molecule has 0 spiro atoms. The summed E-state index contributed by atoms with van der Waals surface area (Å²) < 4.78 is 15.8. The van der Waals surface area contributed by atoms with Gasteiger partial charge in [-0.3, -0.25) is 4.79 Å². The van der Waals surface area contributed by atoms with Crippen LogP contribution in [0.1, 0.15) is 27.8 Å². The summed E-state index contributed by atoms with van der Waals surface area (Å²) >= 11 is 0. The van der Waals surface area contributed by atoms with Crippen LogP contribution in [-0.4, -0.2) is 56.9 Å². The lowest BCUT2D eigenvalue weighted by Crippen LogP contribution is -2.36. The highest BCUT2D eigenvalue weighted by Gasteiger charge is 2.19. The normalized spacial score (nSPS) is 13.8. The van der Waals surface area contributed by atoms with E-state index in [2.05, 4.69) is 15.2 Å². The van der Waals surface area contributed by atoms with Crippen LogP contribution in [0.4, 0.5) is 11.4 Å². The topological polar surface area (TPSA) is 92.9 Å². The van der Waals surface area contributed by atoms with E-state index in [1.165, 1.54) is 7.11 Å². The van der Waals surface area contributed by atoms with Crippen LogP contribution in [0.2, 0.25) is 0 Å². The second-order valence-electron chi connectivity index (χ2n) is 7.14. The lowest BCUT2D eigenvalue weighted by atomic mass is 10.1. The van der Waals surface area contributed by atoms with Crippen molar-refractivity contribution in [3.8, 4) is 5.75 Å². The van der Waals surface area contributed by atoms with Gasteiger partial charge < -0.3 is 29.4 Å². The SMILES string of the molecule is CCOc1ccc2cc(C(=O)Nc3ccc(N4CCOCC4)cc3C(=O)OC)[nH]c2c1. The van der Waals surface area contributed by atoms with Gasteiger partial charge in [0.25, 0.3) is 5.91 Å². The summed E-state index contributed by atoms with van der Waals surface area (Å²) in [5.41, 5.74) is 2.76. The van der Waals surface area contributed by atoms with Crippen molar-refractivity contribution in [1.82, 2.24) is 4.98 Å². The summed E-state index contributed by atoms with van der Waals surface area (Å²) in [7, 11) is 1.32. The summed E-state index contributed by atoms with van der Waals surface area (Å²) in [4.78, 5) is 30.5. The fourth-order valence-electron chi connectivity index (χ4n) is 3.61. The molecule has 2 heterocycles. The molecule has 8 heteroatoms. The van der Waals surface area contributed by atoms with Crippen molar-refractivity contribution in [2.45, 2.75) is 6.92 Å². The van der Waals surface area contributed by atoms with Crippen molar-refractivity contribution in [2.75, 3.05) is 50.2 Å². The molecule has 0 bridgehead atoms. The predicted octanol–water partition coefficient (Wildman–Crippen LogP) is 3.44. The molecule has 0 radical (unpaired) electrons. The third kappa shape index (κ3) is 4.49. The van der Waals surface area contributed by atoms with Gasteiger partial charge in [-0.25, -0.2) is 4.79 Å². The zero-order valence-corrected chi connectivity index (χ0v) is 17.6. The largest absolute Gasteiger partial charge is 0.494 e. The Morgan fingerprint density at radius 3 is 2.68 bits per heavy atom. The van der Waals surface area contributed by atoms with Crippen LogP contribution in [0.25, 0.3) is 10.9 Å². The molecule has 4 rings (SSSR count). The Labute approximate surface area is 180 Å². The number of fused-ring (bicyclic) bond motifs is 1. The zero-order valence-electron chi connectivity index (χ0n) is 17.6. The first kappa shape index (κ1) is 20.7. The minimum absolute atomic E-state index is 0.301. The molecule has 0 unspecified atom stereocenters. The quantitative estimate of drug-likeness (QED) is 0.590. The molecule has 0 aliphatic carbocycles. The minimum atomic E-state index is -0.511. The molecule has 1 saturated heterocycles. The number of aromatic nitrogens is 1. The Morgan fingerprint density at radius 1 is 1.13 bits per heavy atom. The molecule has 31 heavy (non-hydrogen) atoms. The maximum Gasteiger partial charge on any atom is 0.340 e. The molecule has 1 aliphatic rings. The standard InChI is InChI=1S/C23H25N3O5/c1-3-31-17-6-4-15-12-21(24-20(15)14-17)22(27)25-19-7-5-16(13-18(19)23(28)29-2)26-8-10-30-11-9-26/h4-7,12-14,24H,3,8-11H2,1-2H3,(H,25,27). The third-order valence-corrected chi connectivity index (χ3v) is 5.18. The number of aromatic amines is 1. The van der Waals surface area contributed by atoms with Crippen molar-refractivity contribution in [3.05, 3.63) is 53.7 Å². The second-order valence-corrected chi connectivity index (χ2v) is 7.14. The van der Waals surface area contributed by atoms with Crippen molar-refractivity contribution in [3.63, 3.8) is 0 Å². The van der Waals surface area contributed by atoms with Gasteiger partial charge in [-0.2, -0.15) is 0 Å². The van der Waals surface area contributed by atoms with Gasteiger partial charge in [-0.15, -0.1) is 0 Å². The van der Waals surface area contributed by atoms with E-state index in [-0.39, 0.29) is 5.91 Å². The van der Waals surface area contributed by atoms with E-state index >= 15 is 0 Å². The molecular formula is C23H25N3O5. The van der Waals surface area contributed by atoms with Crippen LogP contribution in [0.15, 0.2) is 42.5 Å². The van der Waals surface area contributed by atoms with Gasteiger partial charge in [-0.05, 0) is 43.3 Å². The molecule has 3 aromatic rings. The molecule has 1 fully saturated rings. The third-order valence-electron chi connectivity index (χ3n) is 5.18. The van der Waals surface area contributed by atoms with Gasteiger partial charge in [0, 0.05) is 35.7 Å². The van der Waals surface area contributed by atoms with E-state index in [9.17, 15) is 9.59 Å². The lowest BCUT2D eigenvalue weighted by molar-refractivity contribution is 0.0602. The molecule has 1 aromatic heterocycles. The van der Waals surface area contributed by atoms with Crippen molar-refractivity contribution >= 4 is 34.2 Å². The number of benzene rings is 2. The van der Waals surface area contributed by atoms with Crippen molar-refractivity contribution < 1.29 is 23.8 Å². The number of methoxy groups -OCH3 is 1. The molecule has 162 valence electrons. The fraction of sp³-hybridized carbons (Fsp3) is 0.304. The van der Waals surface area contributed by atoms with Crippen LogP contribution < -0.4 is 15.0 Å². The van der Waals surface area contributed by atoms with E-state index in [0.717, 1.165) is 35.4 Å². The van der Waals surface area contributed by atoms with Gasteiger partial charge >= 0.3 is 5.97 Å². The highest BCUT2D eigenvalue weighted by molar-refractivity contribution is 6.09. The van der Waals surface area contributed by atoms with Crippen molar-refractivity contribution in [1.29, 1.82) is 0 Å². The van der Waals surface area contributed by atoms with Crippen molar-refractivity contribution in [2.24, 2.45) is 0 Å². The number of amides is 1. The number of nitrogens with one attached hydrogen (secondary N) is 2. The van der Waals surface area contributed by atoms with Gasteiger partial charge in [-0.1, -0.05) is 0 Å². The summed E-state index contributed by atoms with van der Waals surface area (Å²) in [5.74, 6) is -0.127. The summed E-state index contributed by atoms with van der Waals surface area (Å²) in [5, 5.41) is 3.72. The lowest BCUT2D eigenvalue weighted by Gasteiger charge is -2.29. The van der Waals surface area contributed by atoms with Crippen LogP contribution >= 0.6 is 0 Å².